The van der Waals surface area contributed by atoms with E-state index in [4.69, 9.17) is 0 Å². The van der Waals surface area contributed by atoms with Crippen LogP contribution in [0.3, 0.4) is 0 Å². The van der Waals surface area contributed by atoms with Crippen molar-refractivity contribution in [1.29, 1.82) is 0 Å². The van der Waals surface area contributed by atoms with Gasteiger partial charge in [0.05, 0.1) is 11.9 Å². The van der Waals surface area contributed by atoms with Gasteiger partial charge in [0, 0.05) is 25.2 Å². The van der Waals surface area contributed by atoms with Crippen LogP contribution in [0, 0.1) is 12.8 Å². The summed E-state index contributed by atoms with van der Waals surface area (Å²) in [5.41, 5.74) is 0.568. The third-order valence-electron chi connectivity index (χ3n) is 3.75. The van der Waals surface area contributed by atoms with E-state index in [1.165, 1.54) is 6.20 Å². The molecule has 1 aromatic heterocycles. The van der Waals surface area contributed by atoms with E-state index >= 15 is 0 Å². The zero-order valence-corrected chi connectivity index (χ0v) is 12.7. The second-order valence-corrected chi connectivity index (χ2v) is 7.29. The first kappa shape index (κ1) is 14.5. The summed E-state index contributed by atoms with van der Waals surface area (Å²) in [7, 11) is -3.48. The molecule has 0 radical (unpaired) electrons. The van der Waals surface area contributed by atoms with Crippen LogP contribution in [0.1, 0.15) is 26.5 Å². The summed E-state index contributed by atoms with van der Waals surface area (Å²) in [5.74, 6) is 0.310. The molecular weight excluding hydrogens is 264 g/mol. The molecule has 1 aromatic rings. The van der Waals surface area contributed by atoms with E-state index in [1.54, 1.807) is 6.92 Å². The fourth-order valence-electron chi connectivity index (χ4n) is 2.45. The van der Waals surface area contributed by atoms with Crippen LogP contribution in [0.5, 0.6) is 0 Å². The second kappa shape index (κ2) is 5.22. The summed E-state index contributed by atoms with van der Waals surface area (Å²) in [6.45, 7) is 9.73. The van der Waals surface area contributed by atoms with Gasteiger partial charge in [-0.2, -0.15) is 5.10 Å². The van der Waals surface area contributed by atoms with Gasteiger partial charge in [0.1, 0.15) is 4.90 Å². The number of H-pyrrole nitrogens is 1. The van der Waals surface area contributed by atoms with Crippen molar-refractivity contribution in [2.24, 2.45) is 5.92 Å². The Labute approximate surface area is 114 Å². The topological polar surface area (TPSA) is 78.1 Å². The number of likely N-dealkylation sites (tertiary alicyclic amines) is 1. The lowest BCUT2D eigenvalue weighted by Gasteiger charge is -2.20. The first-order chi connectivity index (χ1) is 8.81. The molecule has 1 aliphatic rings. The molecule has 2 unspecified atom stereocenters. The molecule has 1 saturated heterocycles. The molecule has 2 heterocycles. The van der Waals surface area contributed by atoms with E-state index in [-0.39, 0.29) is 10.9 Å². The van der Waals surface area contributed by atoms with Gasteiger partial charge >= 0.3 is 0 Å². The average molecular weight is 286 g/mol. The van der Waals surface area contributed by atoms with Gasteiger partial charge in [-0.05, 0) is 26.7 Å². The first-order valence-electron chi connectivity index (χ1n) is 6.57. The highest BCUT2D eigenvalue weighted by atomic mass is 32.2. The predicted octanol–water partition coefficient (Wildman–Crippen LogP) is 0.725. The van der Waals surface area contributed by atoms with Crippen molar-refractivity contribution in [2.75, 3.05) is 13.1 Å². The molecule has 7 heteroatoms. The van der Waals surface area contributed by atoms with E-state index in [9.17, 15) is 8.42 Å². The minimum absolute atomic E-state index is 0.0401. The SMILES string of the molecule is Cc1[nH]ncc1S(=O)(=O)NC1CN(C(C)C)CC1C. The molecular formula is C12H22N4O2S. The maximum Gasteiger partial charge on any atom is 0.244 e. The Morgan fingerprint density at radius 3 is 2.63 bits per heavy atom. The van der Waals surface area contributed by atoms with Gasteiger partial charge in [-0.15, -0.1) is 0 Å². The van der Waals surface area contributed by atoms with E-state index in [2.05, 4.69) is 40.6 Å². The number of aryl methyl sites for hydroxylation is 1. The van der Waals surface area contributed by atoms with Crippen molar-refractivity contribution < 1.29 is 8.42 Å². The number of rotatable bonds is 4. The van der Waals surface area contributed by atoms with Crippen molar-refractivity contribution in [1.82, 2.24) is 19.8 Å². The van der Waals surface area contributed by atoms with Gasteiger partial charge in [0.2, 0.25) is 10.0 Å². The van der Waals surface area contributed by atoms with Gasteiger partial charge in [-0.1, -0.05) is 6.92 Å². The molecule has 1 aliphatic heterocycles. The van der Waals surface area contributed by atoms with Crippen LogP contribution in [0.4, 0.5) is 0 Å². The summed E-state index contributed by atoms with van der Waals surface area (Å²) in [4.78, 5) is 2.53. The normalized spacial score (nSPS) is 25.3. The third-order valence-corrected chi connectivity index (χ3v) is 5.35. The molecule has 0 amide bonds. The summed E-state index contributed by atoms with van der Waals surface area (Å²) >= 11 is 0. The summed E-state index contributed by atoms with van der Waals surface area (Å²) < 4.78 is 27.4. The van der Waals surface area contributed by atoms with Gasteiger partial charge < -0.3 is 0 Å². The van der Waals surface area contributed by atoms with Crippen LogP contribution >= 0.6 is 0 Å². The Hall–Kier alpha value is -0.920. The highest BCUT2D eigenvalue weighted by Crippen LogP contribution is 2.21. The lowest BCUT2D eigenvalue weighted by Crippen LogP contribution is -2.40. The molecule has 0 spiro atoms. The largest absolute Gasteiger partial charge is 0.299 e. The Balaban J connectivity index is 2.12. The van der Waals surface area contributed by atoms with Crippen molar-refractivity contribution in [3.8, 4) is 0 Å². The maximum absolute atomic E-state index is 12.3. The van der Waals surface area contributed by atoms with Crippen LogP contribution in [-0.4, -0.2) is 48.7 Å². The number of nitrogens with zero attached hydrogens (tertiary/aromatic N) is 2. The van der Waals surface area contributed by atoms with Gasteiger partial charge in [-0.3, -0.25) is 10.00 Å². The van der Waals surface area contributed by atoms with Gasteiger partial charge in [0.15, 0.2) is 0 Å². The van der Waals surface area contributed by atoms with Crippen LogP contribution in [0.15, 0.2) is 11.1 Å². The van der Waals surface area contributed by atoms with Gasteiger partial charge in [-0.25, -0.2) is 13.1 Å². The summed E-state index contributed by atoms with van der Waals surface area (Å²) in [6, 6.07) is 0.398. The summed E-state index contributed by atoms with van der Waals surface area (Å²) in [6.07, 6.45) is 1.36. The van der Waals surface area contributed by atoms with E-state index in [1.807, 2.05) is 0 Å². The number of aromatic nitrogens is 2. The summed E-state index contributed by atoms with van der Waals surface area (Å²) in [5, 5.41) is 6.43. The highest BCUT2D eigenvalue weighted by Gasteiger charge is 2.34. The highest BCUT2D eigenvalue weighted by molar-refractivity contribution is 7.89. The Kier molecular flexibility index (Phi) is 3.98. The van der Waals surface area contributed by atoms with Crippen molar-refractivity contribution in [3.05, 3.63) is 11.9 Å². The molecule has 0 bridgehead atoms. The monoisotopic (exact) mass is 286 g/mol. The number of sulfonamides is 1. The minimum atomic E-state index is -3.48. The number of nitrogens with one attached hydrogen (secondary N) is 2. The Bertz CT molecular complexity index is 538. The fraction of sp³-hybridized carbons (Fsp3) is 0.750. The first-order valence-corrected chi connectivity index (χ1v) is 8.06. The minimum Gasteiger partial charge on any atom is -0.299 e. The number of aromatic amines is 1. The molecule has 0 saturated carbocycles. The quantitative estimate of drug-likeness (QED) is 0.855. The smallest absolute Gasteiger partial charge is 0.244 e. The van der Waals surface area contributed by atoms with Crippen molar-refractivity contribution >= 4 is 10.0 Å². The molecule has 0 aliphatic carbocycles. The van der Waals surface area contributed by atoms with Crippen LogP contribution in [0.2, 0.25) is 0 Å². The average Bonchev–Trinajstić information content (AvgIpc) is 2.86. The second-order valence-electron chi connectivity index (χ2n) is 5.61. The van der Waals surface area contributed by atoms with Crippen LogP contribution in [-0.2, 0) is 10.0 Å². The molecule has 0 aromatic carbocycles. The Morgan fingerprint density at radius 1 is 1.47 bits per heavy atom. The molecule has 108 valence electrons. The van der Waals surface area contributed by atoms with Crippen LogP contribution in [0.25, 0.3) is 0 Å². The molecule has 2 rings (SSSR count). The lowest BCUT2D eigenvalue weighted by molar-refractivity contribution is 0.265. The van der Waals surface area contributed by atoms with Gasteiger partial charge in [0.25, 0.3) is 0 Å². The zero-order chi connectivity index (χ0) is 14.2. The predicted molar refractivity (Wildman–Crippen MR) is 73.3 cm³/mol. The molecule has 2 N–H and O–H groups in total. The fourth-order valence-corrected chi connectivity index (χ4v) is 3.93. The molecule has 19 heavy (non-hydrogen) atoms. The Morgan fingerprint density at radius 2 is 2.16 bits per heavy atom. The van der Waals surface area contributed by atoms with Crippen LogP contribution < -0.4 is 4.72 Å². The zero-order valence-electron chi connectivity index (χ0n) is 11.8. The lowest BCUT2D eigenvalue weighted by atomic mass is 10.1. The third kappa shape index (κ3) is 2.98. The number of hydrogen-bond acceptors (Lipinski definition) is 4. The van der Waals surface area contributed by atoms with E-state index in [0.717, 1.165) is 13.1 Å². The number of hydrogen-bond donors (Lipinski definition) is 2. The standard InChI is InChI=1S/C12H22N4O2S/c1-8(2)16-6-9(3)11(7-16)15-19(17,18)12-5-13-14-10(12)4/h5,8-9,11,15H,6-7H2,1-4H3,(H,13,14). The van der Waals surface area contributed by atoms with Crippen molar-refractivity contribution in [3.63, 3.8) is 0 Å². The van der Waals surface area contributed by atoms with E-state index in [0.29, 0.717) is 17.7 Å². The van der Waals surface area contributed by atoms with Crippen molar-refractivity contribution in [2.45, 2.75) is 44.7 Å². The van der Waals surface area contributed by atoms with E-state index < -0.39 is 10.0 Å². The molecule has 2 atom stereocenters. The molecule has 1 fully saturated rings. The maximum atomic E-state index is 12.3. The molecule has 6 nitrogen and oxygen atoms in total.